The Hall–Kier alpha value is -1.89. The van der Waals surface area contributed by atoms with Gasteiger partial charge < -0.3 is 4.55 Å². The van der Waals surface area contributed by atoms with Gasteiger partial charge in [0.25, 0.3) is 0 Å². The van der Waals surface area contributed by atoms with Crippen LogP contribution in [-0.4, -0.2) is 28.1 Å². The summed E-state index contributed by atoms with van der Waals surface area (Å²) < 4.78 is 37.0. The first kappa shape index (κ1) is 13.5. The molecule has 0 aliphatic carbocycles. The van der Waals surface area contributed by atoms with E-state index < -0.39 is 15.9 Å². The van der Waals surface area contributed by atoms with Crippen molar-refractivity contribution in [1.82, 2.24) is 9.36 Å². The lowest BCUT2D eigenvalue weighted by molar-refractivity contribution is -0.692. The molecule has 2 rings (SSSR count). The number of pyridine rings is 1. The summed E-state index contributed by atoms with van der Waals surface area (Å²) in [6, 6.07) is 5.29. The molecular weight excluding hydrogens is 288 g/mol. The van der Waals surface area contributed by atoms with Crippen LogP contribution in [0.4, 0.5) is 0 Å². The van der Waals surface area contributed by atoms with Gasteiger partial charge >= 0.3 is 0 Å². The maximum atomic E-state index is 10.5. The van der Waals surface area contributed by atoms with Crippen molar-refractivity contribution in [3.63, 3.8) is 0 Å². The highest BCUT2D eigenvalue weighted by Gasteiger charge is 2.09. The van der Waals surface area contributed by atoms with Crippen LogP contribution in [0, 0.1) is 11.3 Å². The monoisotopic (exact) mass is 296 g/mol. The molecular formula is C10H8N4O3S2. The highest BCUT2D eigenvalue weighted by Crippen LogP contribution is 2.19. The molecule has 2 aromatic heterocycles. The summed E-state index contributed by atoms with van der Waals surface area (Å²) in [6.07, 6.45) is 3.29. The molecule has 0 amide bonds. The van der Waals surface area contributed by atoms with Crippen molar-refractivity contribution in [2.45, 2.75) is 6.54 Å². The van der Waals surface area contributed by atoms with Crippen molar-refractivity contribution >= 4 is 21.7 Å². The van der Waals surface area contributed by atoms with Gasteiger partial charge in [-0.1, -0.05) is 0 Å². The molecule has 2 aromatic rings. The number of aryl methyl sites for hydroxylation is 1. The second-order valence-corrected chi connectivity index (χ2v) is 5.90. The average molecular weight is 296 g/mol. The van der Waals surface area contributed by atoms with Crippen LogP contribution in [-0.2, 0) is 16.7 Å². The van der Waals surface area contributed by atoms with E-state index in [2.05, 4.69) is 9.36 Å². The van der Waals surface area contributed by atoms with Gasteiger partial charge in [0.15, 0.2) is 18.9 Å². The van der Waals surface area contributed by atoms with Crippen molar-refractivity contribution in [2.75, 3.05) is 5.75 Å². The molecule has 2 heterocycles. The van der Waals surface area contributed by atoms with Crippen LogP contribution in [0.25, 0.3) is 10.6 Å². The number of nitriles is 1. The standard InChI is InChI=1S/C10H8N4O3S2/c11-7-9-12-10(18-13-9)8-1-3-14(4-2-8)5-6-19(15,16)17/h1-4H,5-6H2. The van der Waals surface area contributed by atoms with Crippen LogP contribution >= 0.6 is 11.5 Å². The maximum absolute atomic E-state index is 10.5. The molecule has 0 radical (unpaired) electrons. The van der Waals surface area contributed by atoms with Crippen molar-refractivity contribution in [1.29, 1.82) is 5.26 Å². The molecule has 0 unspecified atom stereocenters. The van der Waals surface area contributed by atoms with Gasteiger partial charge in [-0.3, -0.25) is 0 Å². The quantitative estimate of drug-likeness (QED) is 0.576. The van der Waals surface area contributed by atoms with E-state index in [0.717, 1.165) is 17.1 Å². The highest BCUT2D eigenvalue weighted by atomic mass is 32.2. The molecule has 0 bridgehead atoms. The Morgan fingerprint density at radius 2 is 2.11 bits per heavy atom. The third kappa shape index (κ3) is 3.78. The van der Waals surface area contributed by atoms with Gasteiger partial charge in [-0.05, 0) is 11.5 Å². The topological polar surface area (TPSA) is 111 Å². The first-order valence-electron chi connectivity index (χ1n) is 5.15. The van der Waals surface area contributed by atoms with Gasteiger partial charge in [0.1, 0.15) is 21.2 Å². The lowest BCUT2D eigenvalue weighted by atomic mass is 10.3. The van der Waals surface area contributed by atoms with Gasteiger partial charge in [0, 0.05) is 17.7 Å². The van der Waals surface area contributed by atoms with Gasteiger partial charge in [0.05, 0.1) is 5.75 Å². The van der Waals surface area contributed by atoms with E-state index in [1.165, 1.54) is 0 Å². The lowest BCUT2D eigenvalue weighted by Crippen LogP contribution is -2.36. The van der Waals surface area contributed by atoms with E-state index in [4.69, 9.17) is 5.26 Å². The smallest absolute Gasteiger partial charge is 0.244 e. The third-order valence-electron chi connectivity index (χ3n) is 2.26. The molecule has 9 heteroatoms. The first-order valence-corrected chi connectivity index (χ1v) is 7.50. The number of aromatic nitrogens is 3. The van der Waals surface area contributed by atoms with Crippen LogP contribution in [0.15, 0.2) is 24.5 Å². The number of hydrogen-bond donors (Lipinski definition) is 0. The minimum Gasteiger partial charge on any atom is -0.748 e. The molecule has 0 atom stereocenters. The number of rotatable bonds is 4. The van der Waals surface area contributed by atoms with Gasteiger partial charge in [0.2, 0.25) is 5.82 Å². The minimum atomic E-state index is -4.21. The van der Waals surface area contributed by atoms with E-state index >= 15 is 0 Å². The molecule has 0 N–H and O–H groups in total. The van der Waals surface area contributed by atoms with Crippen LogP contribution in [0.2, 0.25) is 0 Å². The molecule has 0 aromatic carbocycles. The van der Waals surface area contributed by atoms with Crippen molar-refractivity contribution in [2.24, 2.45) is 0 Å². The Morgan fingerprint density at radius 1 is 1.42 bits per heavy atom. The van der Waals surface area contributed by atoms with E-state index in [1.807, 2.05) is 6.07 Å². The fourth-order valence-electron chi connectivity index (χ4n) is 1.35. The predicted molar refractivity (Wildman–Crippen MR) is 64.8 cm³/mol. The van der Waals surface area contributed by atoms with Gasteiger partial charge in [-0.2, -0.15) is 9.64 Å². The predicted octanol–water partition coefficient (Wildman–Crippen LogP) is -0.0905. The Morgan fingerprint density at radius 3 is 2.63 bits per heavy atom. The Bertz CT molecular complexity index is 716. The fourth-order valence-corrected chi connectivity index (χ4v) is 2.41. The second kappa shape index (κ2) is 5.40. The molecule has 0 saturated heterocycles. The first-order chi connectivity index (χ1) is 8.98. The fraction of sp³-hybridized carbons (Fsp3) is 0.200. The van der Waals surface area contributed by atoms with Crippen LogP contribution in [0.3, 0.4) is 0 Å². The Labute approximate surface area is 113 Å². The van der Waals surface area contributed by atoms with Crippen LogP contribution in [0.5, 0.6) is 0 Å². The summed E-state index contributed by atoms with van der Waals surface area (Å²) in [6.45, 7) is 0.103. The van der Waals surface area contributed by atoms with Gasteiger partial charge in [-0.25, -0.2) is 18.0 Å². The summed E-state index contributed by atoms with van der Waals surface area (Å²) in [5.41, 5.74) is 0.778. The summed E-state index contributed by atoms with van der Waals surface area (Å²) in [7, 11) is -4.21. The molecule has 0 saturated carbocycles. The average Bonchev–Trinajstić information content (AvgIpc) is 2.85. The van der Waals surface area contributed by atoms with E-state index in [9.17, 15) is 13.0 Å². The van der Waals surface area contributed by atoms with Gasteiger partial charge in [-0.15, -0.1) is 0 Å². The summed E-state index contributed by atoms with van der Waals surface area (Å²) in [5, 5.41) is 9.24. The number of nitrogens with zero attached hydrogens (tertiary/aromatic N) is 4. The Kier molecular flexibility index (Phi) is 3.84. The van der Waals surface area contributed by atoms with Crippen LogP contribution < -0.4 is 4.57 Å². The van der Waals surface area contributed by atoms with E-state index in [0.29, 0.717) is 5.01 Å². The summed E-state index contributed by atoms with van der Waals surface area (Å²) in [4.78, 5) is 4.01. The zero-order valence-corrected chi connectivity index (χ0v) is 11.2. The highest BCUT2D eigenvalue weighted by molar-refractivity contribution is 7.85. The maximum Gasteiger partial charge on any atom is 0.244 e. The second-order valence-electron chi connectivity index (χ2n) is 3.62. The molecule has 98 valence electrons. The molecule has 0 aliphatic rings. The lowest BCUT2D eigenvalue weighted by Gasteiger charge is -2.03. The van der Waals surface area contributed by atoms with E-state index in [-0.39, 0.29) is 12.4 Å². The minimum absolute atomic E-state index is 0.103. The Balaban J connectivity index is 2.12. The van der Waals surface area contributed by atoms with Crippen molar-refractivity contribution in [3.05, 3.63) is 30.4 Å². The summed E-state index contributed by atoms with van der Waals surface area (Å²) >= 11 is 1.11. The molecule has 0 fully saturated rings. The zero-order chi connectivity index (χ0) is 13.9. The number of hydrogen-bond acceptors (Lipinski definition) is 7. The van der Waals surface area contributed by atoms with Crippen molar-refractivity contribution in [3.8, 4) is 16.6 Å². The largest absolute Gasteiger partial charge is 0.748 e. The molecule has 7 nitrogen and oxygen atoms in total. The third-order valence-corrected chi connectivity index (χ3v) is 3.71. The SMILES string of the molecule is N#Cc1nsc(-c2cc[n+](CCS(=O)(=O)[O-])cc2)n1. The molecule has 0 aliphatic heterocycles. The van der Waals surface area contributed by atoms with Crippen molar-refractivity contribution < 1.29 is 17.5 Å². The zero-order valence-electron chi connectivity index (χ0n) is 9.55. The molecule has 0 spiro atoms. The molecule has 19 heavy (non-hydrogen) atoms. The van der Waals surface area contributed by atoms with E-state index in [1.54, 1.807) is 29.1 Å². The normalized spacial score (nSPS) is 11.2. The van der Waals surface area contributed by atoms with Crippen LogP contribution in [0.1, 0.15) is 5.82 Å². The summed E-state index contributed by atoms with van der Waals surface area (Å²) in [5.74, 6) is -0.330.